The average molecular weight is 363 g/mol. The van der Waals surface area contributed by atoms with Gasteiger partial charge in [-0.25, -0.2) is 4.98 Å². The van der Waals surface area contributed by atoms with Gasteiger partial charge in [-0.1, -0.05) is 36.0 Å². The summed E-state index contributed by atoms with van der Waals surface area (Å²) in [4.78, 5) is 17.0. The van der Waals surface area contributed by atoms with Crippen LogP contribution in [0.15, 0.2) is 53.8 Å². The molecule has 0 saturated carbocycles. The zero-order valence-electron chi connectivity index (χ0n) is 14.4. The minimum Gasteiger partial charge on any atom is -0.325 e. The third-order valence-electron chi connectivity index (χ3n) is 4.11. The van der Waals surface area contributed by atoms with Crippen LogP contribution in [0.1, 0.15) is 11.1 Å². The van der Waals surface area contributed by atoms with E-state index in [4.69, 9.17) is 0 Å². The van der Waals surface area contributed by atoms with Crippen molar-refractivity contribution >= 4 is 40.0 Å². The summed E-state index contributed by atoms with van der Waals surface area (Å²) < 4.78 is 1.90. The third-order valence-corrected chi connectivity index (χ3v) is 5.06. The first-order valence-electron chi connectivity index (χ1n) is 8.20. The number of fused-ring (bicyclic) bond motifs is 3. The van der Waals surface area contributed by atoms with E-state index in [1.54, 1.807) is 6.33 Å². The lowest BCUT2D eigenvalue weighted by molar-refractivity contribution is -0.113. The van der Waals surface area contributed by atoms with Crippen molar-refractivity contribution in [2.75, 3.05) is 11.1 Å². The number of aromatic nitrogens is 4. The maximum absolute atomic E-state index is 12.4. The highest BCUT2D eigenvalue weighted by Crippen LogP contribution is 2.25. The van der Waals surface area contributed by atoms with Crippen molar-refractivity contribution in [1.82, 2.24) is 19.6 Å². The fourth-order valence-electron chi connectivity index (χ4n) is 2.77. The Morgan fingerprint density at radius 3 is 2.92 bits per heavy atom. The van der Waals surface area contributed by atoms with Gasteiger partial charge in [-0.05, 0) is 43.2 Å². The van der Waals surface area contributed by atoms with Crippen LogP contribution in [-0.2, 0) is 4.79 Å². The number of amides is 1. The third kappa shape index (κ3) is 3.13. The van der Waals surface area contributed by atoms with Gasteiger partial charge in [0.2, 0.25) is 5.91 Å². The maximum Gasteiger partial charge on any atom is 0.234 e. The molecular formula is C19H17N5OS. The van der Waals surface area contributed by atoms with E-state index in [9.17, 15) is 4.79 Å². The summed E-state index contributed by atoms with van der Waals surface area (Å²) in [5.41, 5.74) is 5.44. The molecule has 130 valence electrons. The van der Waals surface area contributed by atoms with Crippen LogP contribution >= 0.6 is 11.8 Å². The predicted octanol–water partition coefficient (Wildman–Crippen LogP) is 3.63. The van der Waals surface area contributed by atoms with Gasteiger partial charge in [-0.3, -0.25) is 9.20 Å². The minimum absolute atomic E-state index is 0.0728. The molecule has 1 N–H and O–H groups in total. The van der Waals surface area contributed by atoms with Gasteiger partial charge in [-0.15, -0.1) is 10.2 Å². The van der Waals surface area contributed by atoms with Crippen LogP contribution in [0.3, 0.4) is 0 Å². The fraction of sp³-hybridized carbons (Fsp3) is 0.158. The molecule has 0 bridgehead atoms. The highest BCUT2D eigenvalue weighted by atomic mass is 32.2. The molecule has 2 aromatic heterocycles. The number of benzene rings is 2. The number of nitrogens with one attached hydrogen (secondary N) is 1. The molecule has 0 fully saturated rings. The number of rotatable bonds is 4. The van der Waals surface area contributed by atoms with Gasteiger partial charge in [0.15, 0.2) is 5.65 Å². The van der Waals surface area contributed by atoms with Crippen LogP contribution in [-0.4, -0.2) is 31.2 Å². The van der Waals surface area contributed by atoms with Crippen LogP contribution in [0.2, 0.25) is 0 Å². The van der Waals surface area contributed by atoms with E-state index in [-0.39, 0.29) is 11.7 Å². The smallest absolute Gasteiger partial charge is 0.234 e. The predicted molar refractivity (Wildman–Crippen MR) is 104 cm³/mol. The van der Waals surface area contributed by atoms with Crippen molar-refractivity contribution in [2.45, 2.75) is 18.9 Å². The van der Waals surface area contributed by atoms with E-state index in [1.807, 2.05) is 60.7 Å². The quantitative estimate of drug-likeness (QED) is 0.561. The van der Waals surface area contributed by atoms with Crippen LogP contribution in [0.4, 0.5) is 5.69 Å². The number of hydrogen-bond donors (Lipinski definition) is 1. The van der Waals surface area contributed by atoms with Crippen molar-refractivity contribution < 1.29 is 4.79 Å². The Labute approximate surface area is 154 Å². The summed E-state index contributed by atoms with van der Waals surface area (Å²) in [6, 6.07) is 13.8. The number of carbonyl (C=O) groups is 1. The summed E-state index contributed by atoms with van der Waals surface area (Å²) in [6.45, 7) is 3.98. The number of nitrogens with zero attached hydrogens (tertiary/aromatic N) is 4. The van der Waals surface area contributed by atoms with E-state index < -0.39 is 0 Å². The second kappa shape index (κ2) is 6.76. The molecule has 0 aliphatic heterocycles. The molecule has 0 aliphatic carbocycles. The highest BCUT2D eigenvalue weighted by Gasteiger charge is 2.13. The number of para-hydroxylation sites is 2. The molecule has 0 atom stereocenters. The largest absolute Gasteiger partial charge is 0.325 e. The minimum atomic E-state index is -0.0728. The summed E-state index contributed by atoms with van der Waals surface area (Å²) in [5.74, 6) is 0.178. The van der Waals surface area contributed by atoms with Crippen molar-refractivity contribution in [3.05, 3.63) is 59.9 Å². The molecule has 7 heteroatoms. The molecule has 0 spiro atoms. The van der Waals surface area contributed by atoms with Gasteiger partial charge in [0.25, 0.3) is 0 Å². The molecule has 6 nitrogen and oxygen atoms in total. The Bertz CT molecular complexity index is 1120. The highest BCUT2D eigenvalue weighted by molar-refractivity contribution is 8.00. The normalized spacial score (nSPS) is 11.2. The van der Waals surface area contributed by atoms with Gasteiger partial charge in [0, 0.05) is 5.69 Å². The van der Waals surface area contributed by atoms with Gasteiger partial charge in [0.05, 0.1) is 16.8 Å². The molecule has 2 aromatic carbocycles. The lowest BCUT2D eigenvalue weighted by Gasteiger charge is -2.10. The Kier molecular flexibility index (Phi) is 4.30. The second-order valence-electron chi connectivity index (χ2n) is 6.09. The standard InChI is InChI=1S/C19H17N5OS/c1-12-7-8-13(2)15(9-12)21-17(25)10-26-19-18-23-20-11-24(18)16-6-4-3-5-14(16)22-19/h3-9,11H,10H2,1-2H3,(H,21,25). The van der Waals surface area contributed by atoms with Crippen LogP contribution < -0.4 is 5.32 Å². The van der Waals surface area contributed by atoms with Crippen LogP contribution in [0.5, 0.6) is 0 Å². The number of hydrogen-bond acceptors (Lipinski definition) is 5. The molecule has 4 aromatic rings. The molecule has 26 heavy (non-hydrogen) atoms. The zero-order valence-corrected chi connectivity index (χ0v) is 15.2. The maximum atomic E-state index is 12.4. The van der Waals surface area contributed by atoms with Gasteiger partial charge < -0.3 is 5.32 Å². The van der Waals surface area contributed by atoms with E-state index >= 15 is 0 Å². The fourth-order valence-corrected chi connectivity index (χ4v) is 3.54. The van der Waals surface area contributed by atoms with Crippen molar-refractivity contribution in [3.63, 3.8) is 0 Å². The lowest BCUT2D eigenvalue weighted by atomic mass is 10.1. The summed E-state index contributed by atoms with van der Waals surface area (Å²) in [5, 5.41) is 11.8. The molecule has 0 saturated heterocycles. The van der Waals surface area contributed by atoms with Crippen molar-refractivity contribution in [2.24, 2.45) is 0 Å². The van der Waals surface area contributed by atoms with Gasteiger partial charge >= 0.3 is 0 Å². The number of thioether (sulfide) groups is 1. The van der Waals surface area contributed by atoms with Crippen LogP contribution in [0, 0.1) is 13.8 Å². The first-order chi connectivity index (χ1) is 12.6. The first-order valence-corrected chi connectivity index (χ1v) is 9.19. The summed E-state index contributed by atoms with van der Waals surface area (Å²) >= 11 is 1.36. The van der Waals surface area contributed by atoms with E-state index in [0.29, 0.717) is 10.7 Å². The molecule has 0 aliphatic rings. The average Bonchev–Trinajstić information content (AvgIpc) is 3.13. The molecule has 0 unspecified atom stereocenters. The van der Waals surface area contributed by atoms with Crippen molar-refractivity contribution in [3.8, 4) is 0 Å². The summed E-state index contributed by atoms with van der Waals surface area (Å²) in [6.07, 6.45) is 1.67. The molecular weight excluding hydrogens is 346 g/mol. The van der Waals surface area contributed by atoms with Crippen molar-refractivity contribution in [1.29, 1.82) is 0 Å². The molecule has 2 heterocycles. The van der Waals surface area contributed by atoms with Crippen LogP contribution in [0.25, 0.3) is 16.7 Å². The second-order valence-corrected chi connectivity index (χ2v) is 7.05. The Balaban J connectivity index is 1.56. The Hall–Kier alpha value is -2.93. The topological polar surface area (TPSA) is 72.2 Å². The number of carbonyl (C=O) groups excluding carboxylic acids is 1. The first kappa shape index (κ1) is 16.5. The van der Waals surface area contributed by atoms with Gasteiger partial charge in [-0.2, -0.15) is 0 Å². The van der Waals surface area contributed by atoms with E-state index in [1.165, 1.54) is 11.8 Å². The van der Waals surface area contributed by atoms with Gasteiger partial charge in [0.1, 0.15) is 11.4 Å². The Morgan fingerprint density at radius 2 is 2.04 bits per heavy atom. The molecule has 0 radical (unpaired) electrons. The number of aryl methyl sites for hydroxylation is 2. The van der Waals surface area contributed by atoms with E-state index in [0.717, 1.165) is 27.8 Å². The molecule has 1 amide bonds. The zero-order chi connectivity index (χ0) is 18.1. The summed E-state index contributed by atoms with van der Waals surface area (Å²) in [7, 11) is 0. The SMILES string of the molecule is Cc1ccc(C)c(NC(=O)CSc2nc3ccccc3n3cnnc23)c1. The van der Waals surface area contributed by atoms with E-state index in [2.05, 4.69) is 20.5 Å². The Morgan fingerprint density at radius 1 is 1.19 bits per heavy atom. The lowest BCUT2D eigenvalue weighted by Crippen LogP contribution is -2.15. The monoisotopic (exact) mass is 363 g/mol. The molecule has 4 rings (SSSR count). The number of anilines is 1.